The summed E-state index contributed by atoms with van der Waals surface area (Å²) in [5, 5.41) is 0.191. The van der Waals surface area contributed by atoms with E-state index in [0.717, 1.165) is 25.7 Å². The topological polar surface area (TPSA) is 72.2 Å². The van der Waals surface area contributed by atoms with Crippen molar-refractivity contribution in [3.63, 3.8) is 0 Å². The lowest BCUT2D eigenvalue weighted by atomic mass is 9.91. The van der Waals surface area contributed by atoms with Gasteiger partial charge in [-0.25, -0.2) is 8.42 Å². The molecule has 1 saturated carbocycles. The van der Waals surface area contributed by atoms with E-state index in [2.05, 4.69) is 4.72 Å². The number of hydrogen-bond acceptors (Lipinski definition) is 3. The van der Waals surface area contributed by atoms with Gasteiger partial charge in [0, 0.05) is 0 Å². The summed E-state index contributed by atoms with van der Waals surface area (Å²) in [5.41, 5.74) is 5.02. The van der Waals surface area contributed by atoms with Gasteiger partial charge in [0.1, 0.15) is 4.90 Å². The van der Waals surface area contributed by atoms with Crippen molar-refractivity contribution in [3.05, 3.63) is 29.3 Å². The fraction of sp³-hybridized carbons (Fsp3) is 0.500. The van der Waals surface area contributed by atoms with E-state index in [9.17, 15) is 8.42 Å². The molecule has 0 aromatic heterocycles. The highest BCUT2D eigenvalue weighted by Gasteiger charge is 2.38. The second-order valence-electron chi connectivity index (χ2n) is 5.40. The van der Waals surface area contributed by atoms with Crippen molar-refractivity contribution in [3.8, 4) is 0 Å². The van der Waals surface area contributed by atoms with Gasteiger partial charge < -0.3 is 5.73 Å². The minimum absolute atomic E-state index is 0.0616. The van der Waals surface area contributed by atoms with Crippen molar-refractivity contribution in [1.82, 2.24) is 4.72 Å². The first-order chi connectivity index (χ1) is 9.87. The monoisotopic (exact) mass is 346 g/mol. The molecule has 2 rings (SSSR count). The summed E-state index contributed by atoms with van der Waals surface area (Å²) >= 11 is 11.2. The van der Waals surface area contributed by atoms with Crippen molar-refractivity contribution in [1.29, 1.82) is 0 Å². The number of nitrogens with one attached hydrogen (secondary N) is 1. The zero-order chi connectivity index (χ0) is 15.5. The Morgan fingerprint density at radius 1 is 1.19 bits per heavy atom. The molecule has 116 valence electrons. The van der Waals surface area contributed by atoms with E-state index in [1.54, 1.807) is 18.2 Å². The Labute approximate surface area is 136 Å². The average Bonchev–Trinajstić information content (AvgIpc) is 2.65. The van der Waals surface area contributed by atoms with Crippen LogP contribution >= 0.6 is 23.8 Å². The summed E-state index contributed by atoms with van der Waals surface area (Å²) in [6.45, 7) is 0. The zero-order valence-corrected chi connectivity index (χ0v) is 14.0. The van der Waals surface area contributed by atoms with Gasteiger partial charge in [-0.1, -0.05) is 61.6 Å². The molecule has 0 bridgehead atoms. The van der Waals surface area contributed by atoms with Crippen LogP contribution in [0.25, 0.3) is 0 Å². The summed E-state index contributed by atoms with van der Waals surface area (Å²) in [7, 11) is -3.76. The van der Waals surface area contributed by atoms with Crippen LogP contribution in [0.5, 0.6) is 0 Å². The zero-order valence-electron chi connectivity index (χ0n) is 11.6. The molecule has 0 atom stereocenters. The van der Waals surface area contributed by atoms with Crippen molar-refractivity contribution >= 4 is 38.8 Å². The Morgan fingerprint density at radius 2 is 1.76 bits per heavy atom. The summed E-state index contributed by atoms with van der Waals surface area (Å²) in [5.74, 6) is 0. The number of sulfonamides is 1. The van der Waals surface area contributed by atoms with E-state index in [1.165, 1.54) is 6.07 Å². The van der Waals surface area contributed by atoms with Gasteiger partial charge in [0.2, 0.25) is 10.0 Å². The van der Waals surface area contributed by atoms with E-state index >= 15 is 0 Å². The van der Waals surface area contributed by atoms with Crippen LogP contribution in [-0.2, 0) is 10.0 Å². The summed E-state index contributed by atoms with van der Waals surface area (Å²) < 4.78 is 28.0. The Kier molecular flexibility index (Phi) is 5.24. The number of thiocarbonyl (C=S) groups is 1. The number of hydrogen-bond donors (Lipinski definition) is 2. The summed E-state index contributed by atoms with van der Waals surface area (Å²) in [6, 6.07) is 6.36. The minimum atomic E-state index is -3.76. The van der Waals surface area contributed by atoms with Gasteiger partial charge in [0.15, 0.2) is 0 Å². The molecule has 7 heteroatoms. The lowest BCUT2D eigenvalue weighted by molar-refractivity contribution is 0.441. The second-order valence-corrected chi connectivity index (χ2v) is 7.89. The molecule has 1 fully saturated rings. The quantitative estimate of drug-likeness (QED) is 0.649. The second kappa shape index (κ2) is 6.60. The molecule has 0 unspecified atom stereocenters. The Hall–Kier alpha value is -0.690. The maximum absolute atomic E-state index is 12.6. The normalized spacial score (nSPS) is 18.9. The van der Waals surface area contributed by atoms with Crippen molar-refractivity contribution in [2.24, 2.45) is 5.73 Å². The number of rotatable bonds is 4. The number of halogens is 1. The lowest BCUT2D eigenvalue weighted by Crippen LogP contribution is -2.56. The van der Waals surface area contributed by atoms with Crippen LogP contribution in [-0.4, -0.2) is 18.9 Å². The van der Waals surface area contributed by atoms with E-state index in [0.29, 0.717) is 12.8 Å². The SMILES string of the molecule is NC(=S)C1(NS(=O)(=O)c2ccccc2Cl)CCCCCC1. The van der Waals surface area contributed by atoms with Gasteiger partial charge in [-0.2, -0.15) is 4.72 Å². The van der Waals surface area contributed by atoms with Crippen LogP contribution in [0.15, 0.2) is 29.2 Å². The standard InChI is InChI=1S/C14H19ClN2O2S2/c15-11-7-3-4-8-12(11)21(18,19)17-14(13(16)20)9-5-1-2-6-10-14/h3-4,7-8,17H,1-2,5-6,9-10H2,(H2,16,20). The summed E-state index contributed by atoms with van der Waals surface area (Å²) in [6.07, 6.45) is 5.21. The highest BCUT2D eigenvalue weighted by Crippen LogP contribution is 2.30. The highest BCUT2D eigenvalue weighted by molar-refractivity contribution is 7.89. The third-order valence-electron chi connectivity index (χ3n) is 3.88. The van der Waals surface area contributed by atoms with Crippen LogP contribution in [0.2, 0.25) is 5.02 Å². The maximum atomic E-state index is 12.6. The first-order valence-corrected chi connectivity index (χ1v) is 9.23. The molecule has 1 aliphatic carbocycles. The third-order valence-corrected chi connectivity index (χ3v) is 6.31. The Bertz CT molecular complexity index is 624. The largest absolute Gasteiger partial charge is 0.392 e. The molecule has 21 heavy (non-hydrogen) atoms. The van der Waals surface area contributed by atoms with Crippen molar-refractivity contribution in [2.45, 2.75) is 49.0 Å². The molecule has 3 N–H and O–H groups in total. The Balaban J connectivity index is 2.36. The van der Waals surface area contributed by atoms with E-state index in [1.807, 2.05) is 0 Å². The van der Waals surface area contributed by atoms with Crippen molar-refractivity contribution < 1.29 is 8.42 Å². The molecular formula is C14H19ClN2O2S2. The molecule has 4 nitrogen and oxygen atoms in total. The van der Waals surface area contributed by atoms with E-state index in [4.69, 9.17) is 29.6 Å². The van der Waals surface area contributed by atoms with Crippen LogP contribution in [0, 0.1) is 0 Å². The highest BCUT2D eigenvalue weighted by atomic mass is 35.5. The molecule has 0 radical (unpaired) electrons. The molecule has 0 spiro atoms. The van der Waals surface area contributed by atoms with Gasteiger partial charge in [0.05, 0.1) is 15.6 Å². The third kappa shape index (κ3) is 3.74. The van der Waals surface area contributed by atoms with Crippen LogP contribution in [0.4, 0.5) is 0 Å². The van der Waals surface area contributed by atoms with E-state index < -0.39 is 15.6 Å². The Morgan fingerprint density at radius 3 is 2.29 bits per heavy atom. The predicted molar refractivity (Wildman–Crippen MR) is 89.0 cm³/mol. The number of nitrogens with two attached hydrogens (primary N) is 1. The predicted octanol–water partition coefficient (Wildman–Crippen LogP) is 3.00. The lowest BCUT2D eigenvalue weighted by Gasteiger charge is -2.32. The van der Waals surface area contributed by atoms with Gasteiger partial charge in [0.25, 0.3) is 0 Å². The first-order valence-electron chi connectivity index (χ1n) is 6.96. The van der Waals surface area contributed by atoms with Crippen LogP contribution < -0.4 is 10.5 Å². The van der Waals surface area contributed by atoms with E-state index in [-0.39, 0.29) is 14.9 Å². The number of benzene rings is 1. The molecule has 0 aliphatic heterocycles. The molecular weight excluding hydrogens is 328 g/mol. The van der Waals surface area contributed by atoms with Gasteiger partial charge in [-0.15, -0.1) is 0 Å². The average molecular weight is 347 g/mol. The molecule has 1 aromatic carbocycles. The fourth-order valence-corrected chi connectivity index (χ4v) is 4.99. The molecule has 0 heterocycles. The van der Waals surface area contributed by atoms with Gasteiger partial charge >= 0.3 is 0 Å². The summed E-state index contributed by atoms with van der Waals surface area (Å²) in [4.78, 5) is 0.270. The van der Waals surface area contributed by atoms with Crippen molar-refractivity contribution in [2.75, 3.05) is 0 Å². The molecule has 1 aliphatic rings. The fourth-order valence-electron chi connectivity index (χ4n) is 2.71. The maximum Gasteiger partial charge on any atom is 0.242 e. The van der Waals surface area contributed by atoms with Crippen LogP contribution in [0.1, 0.15) is 38.5 Å². The molecule has 0 saturated heterocycles. The van der Waals surface area contributed by atoms with Crippen LogP contribution in [0.3, 0.4) is 0 Å². The smallest absolute Gasteiger partial charge is 0.242 e. The van der Waals surface area contributed by atoms with Gasteiger partial charge in [-0.3, -0.25) is 0 Å². The first kappa shape index (κ1) is 16.7. The molecule has 1 aromatic rings. The van der Waals surface area contributed by atoms with Gasteiger partial charge in [-0.05, 0) is 25.0 Å². The molecule has 0 amide bonds. The minimum Gasteiger partial charge on any atom is -0.392 e.